The van der Waals surface area contributed by atoms with E-state index in [0.717, 1.165) is 41.0 Å². The van der Waals surface area contributed by atoms with Crippen LogP contribution in [-0.4, -0.2) is 33.0 Å². The van der Waals surface area contributed by atoms with E-state index >= 15 is 0 Å². The van der Waals surface area contributed by atoms with E-state index in [9.17, 15) is 22.8 Å². The number of nitrogens with one attached hydrogen (secondary N) is 1. The minimum atomic E-state index is -4.60. The van der Waals surface area contributed by atoms with Crippen LogP contribution >= 0.6 is 11.3 Å². The number of alkyl halides is 3. The fraction of sp³-hybridized carbons (Fsp3) is 0.667. The molecule has 1 atom stereocenters. The van der Waals surface area contributed by atoms with Crippen molar-refractivity contribution in [1.82, 2.24) is 20.1 Å². The summed E-state index contributed by atoms with van der Waals surface area (Å²) in [4.78, 5) is 27.6. The van der Waals surface area contributed by atoms with Crippen molar-refractivity contribution in [3.63, 3.8) is 0 Å². The summed E-state index contributed by atoms with van der Waals surface area (Å²) in [5.74, 6) is -0.0687. The van der Waals surface area contributed by atoms with E-state index in [4.69, 9.17) is 0 Å². The fourth-order valence-corrected chi connectivity index (χ4v) is 6.24. The molecule has 34 heavy (non-hydrogen) atoms. The van der Waals surface area contributed by atoms with Gasteiger partial charge in [-0.05, 0) is 62.8 Å². The van der Waals surface area contributed by atoms with E-state index in [-0.39, 0.29) is 24.0 Å². The number of amides is 1. The molecule has 0 spiro atoms. The summed E-state index contributed by atoms with van der Waals surface area (Å²) in [7, 11) is 0. The highest BCUT2D eigenvalue weighted by atomic mass is 32.1. The van der Waals surface area contributed by atoms with Crippen molar-refractivity contribution in [2.45, 2.75) is 83.4 Å². The molecule has 184 valence electrons. The SMILES string of the molecule is CCCc1nnc(C(F)(F)F)n1C1CCc2sc(CC(=O)C3CC3)c(C(=O)NCC3CC3)c2C1. The van der Waals surface area contributed by atoms with Crippen LogP contribution in [0.15, 0.2) is 0 Å². The van der Waals surface area contributed by atoms with Crippen molar-refractivity contribution in [2.24, 2.45) is 11.8 Å². The molecule has 2 saturated carbocycles. The third-order valence-electron chi connectivity index (χ3n) is 7.01. The van der Waals surface area contributed by atoms with E-state index < -0.39 is 18.0 Å². The number of fused-ring (bicyclic) bond motifs is 1. The number of nitrogens with zero attached hydrogens (tertiary/aromatic N) is 3. The van der Waals surface area contributed by atoms with Crippen LogP contribution in [0, 0.1) is 11.8 Å². The minimum absolute atomic E-state index is 0.0946. The maximum absolute atomic E-state index is 13.7. The van der Waals surface area contributed by atoms with Crippen molar-refractivity contribution >= 4 is 23.0 Å². The Kier molecular flexibility index (Phi) is 6.29. The first-order valence-electron chi connectivity index (χ1n) is 12.2. The van der Waals surface area contributed by atoms with Crippen LogP contribution in [0.2, 0.25) is 0 Å². The summed E-state index contributed by atoms with van der Waals surface area (Å²) in [6.07, 6.45) is 2.13. The molecular formula is C24H29F3N4O2S. The lowest BCUT2D eigenvalue weighted by atomic mass is 9.89. The number of hydrogen-bond donors (Lipinski definition) is 1. The summed E-state index contributed by atoms with van der Waals surface area (Å²) >= 11 is 1.49. The van der Waals surface area contributed by atoms with Crippen LogP contribution in [-0.2, 0) is 36.7 Å². The summed E-state index contributed by atoms with van der Waals surface area (Å²) in [5, 5.41) is 10.4. The molecule has 0 aliphatic heterocycles. The lowest BCUT2D eigenvalue weighted by Gasteiger charge is -2.27. The average Bonchev–Trinajstić information content (AvgIpc) is 3.71. The van der Waals surface area contributed by atoms with Gasteiger partial charge in [0.15, 0.2) is 0 Å². The number of aromatic nitrogens is 3. The first-order valence-corrected chi connectivity index (χ1v) is 13.0. The van der Waals surface area contributed by atoms with Gasteiger partial charge >= 0.3 is 6.18 Å². The van der Waals surface area contributed by atoms with Gasteiger partial charge in [0.2, 0.25) is 5.82 Å². The molecule has 0 aromatic carbocycles. The van der Waals surface area contributed by atoms with Gasteiger partial charge in [-0.25, -0.2) is 0 Å². The Morgan fingerprint density at radius 3 is 2.56 bits per heavy atom. The zero-order valence-corrected chi connectivity index (χ0v) is 20.0. The second-order valence-corrected chi connectivity index (χ2v) is 11.0. The van der Waals surface area contributed by atoms with Crippen molar-refractivity contribution in [2.75, 3.05) is 6.54 Å². The number of aryl methyl sites for hydroxylation is 2. The van der Waals surface area contributed by atoms with Crippen LogP contribution in [0.4, 0.5) is 13.2 Å². The van der Waals surface area contributed by atoms with Gasteiger partial charge in [-0.3, -0.25) is 9.59 Å². The maximum Gasteiger partial charge on any atom is 0.451 e. The van der Waals surface area contributed by atoms with Gasteiger partial charge in [0.1, 0.15) is 11.6 Å². The number of thiophene rings is 1. The first-order chi connectivity index (χ1) is 16.3. The molecule has 5 rings (SSSR count). The molecule has 1 N–H and O–H groups in total. The van der Waals surface area contributed by atoms with Crippen LogP contribution in [0.3, 0.4) is 0 Å². The number of ketones is 1. The van der Waals surface area contributed by atoms with E-state index in [1.807, 2.05) is 6.92 Å². The van der Waals surface area contributed by atoms with Gasteiger partial charge in [-0.15, -0.1) is 21.5 Å². The van der Waals surface area contributed by atoms with Crippen molar-refractivity contribution in [3.8, 4) is 0 Å². The molecule has 2 aromatic heterocycles. The Morgan fingerprint density at radius 2 is 1.91 bits per heavy atom. The van der Waals surface area contributed by atoms with E-state index in [1.54, 1.807) is 0 Å². The van der Waals surface area contributed by atoms with Gasteiger partial charge in [-0.1, -0.05) is 6.92 Å². The molecule has 2 heterocycles. The molecule has 0 saturated heterocycles. The lowest BCUT2D eigenvalue weighted by molar-refractivity contribution is -0.148. The van der Waals surface area contributed by atoms with E-state index in [1.165, 1.54) is 15.9 Å². The second kappa shape index (κ2) is 9.09. The molecule has 6 nitrogen and oxygen atoms in total. The number of hydrogen-bond acceptors (Lipinski definition) is 5. The monoisotopic (exact) mass is 494 g/mol. The van der Waals surface area contributed by atoms with Crippen LogP contribution in [0.1, 0.15) is 88.8 Å². The van der Waals surface area contributed by atoms with Gasteiger partial charge in [0.25, 0.3) is 5.91 Å². The average molecular weight is 495 g/mol. The smallest absolute Gasteiger partial charge is 0.352 e. The number of Topliss-reactive ketones (excluding diaryl/α,β-unsaturated/α-hetero) is 1. The van der Waals surface area contributed by atoms with Gasteiger partial charge in [-0.2, -0.15) is 13.2 Å². The third kappa shape index (κ3) is 4.78. The van der Waals surface area contributed by atoms with Crippen molar-refractivity contribution in [1.29, 1.82) is 0 Å². The minimum Gasteiger partial charge on any atom is -0.352 e. The van der Waals surface area contributed by atoms with Crippen LogP contribution in [0.5, 0.6) is 0 Å². The summed E-state index contributed by atoms with van der Waals surface area (Å²) in [6, 6.07) is -0.475. The highest BCUT2D eigenvalue weighted by Gasteiger charge is 2.42. The summed E-state index contributed by atoms with van der Waals surface area (Å²) in [6.45, 7) is 2.50. The van der Waals surface area contributed by atoms with Crippen LogP contribution in [0.25, 0.3) is 0 Å². The number of halogens is 3. The highest BCUT2D eigenvalue weighted by molar-refractivity contribution is 7.12. The Labute approximate surface area is 200 Å². The topological polar surface area (TPSA) is 76.9 Å². The molecule has 3 aliphatic carbocycles. The molecular weight excluding hydrogens is 465 g/mol. The normalized spacial score (nSPS) is 20.3. The number of rotatable bonds is 9. The van der Waals surface area contributed by atoms with E-state index in [0.29, 0.717) is 56.0 Å². The van der Waals surface area contributed by atoms with Gasteiger partial charge in [0, 0.05) is 41.1 Å². The number of carbonyl (C=O) groups excluding carboxylic acids is 2. The summed E-state index contributed by atoms with van der Waals surface area (Å²) in [5.41, 5.74) is 1.33. The largest absolute Gasteiger partial charge is 0.451 e. The Morgan fingerprint density at radius 1 is 1.15 bits per heavy atom. The molecule has 2 fully saturated rings. The standard InChI is InChI=1S/C24H29F3N4O2S/c1-2-3-20-29-30-23(24(25,26)27)31(20)15-8-9-18-16(10-15)21(22(33)28-12-13-4-5-13)19(34-18)11-17(32)14-6-7-14/h13-15H,2-12H2,1H3,(H,28,33). The van der Waals surface area contributed by atoms with Crippen molar-refractivity contribution < 1.29 is 22.8 Å². The molecule has 0 radical (unpaired) electrons. The zero-order valence-electron chi connectivity index (χ0n) is 19.2. The highest BCUT2D eigenvalue weighted by Crippen LogP contribution is 2.42. The quantitative estimate of drug-likeness (QED) is 0.548. The first kappa shape index (κ1) is 23.5. The zero-order chi connectivity index (χ0) is 24.0. The molecule has 1 amide bonds. The van der Waals surface area contributed by atoms with Gasteiger partial charge in [0.05, 0.1) is 5.56 Å². The predicted octanol–water partition coefficient (Wildman–Crippen LogP) is 4.70. The summed E-state index contributed by atoms with van der Waals surface area (Å²) < 4.78 is 42.5. The van der Waals surface area contributed by atoms with E-state index in [2.05, 4.69) is 15.5 Å². The van der Waals surface area contributed by atoms with Crippen molar-refractivity contribution in [3.05, 3.63) is 32.5 Å². The lowest BCUT2D eigenvalue weighted by Crippen LogP contribution is -2.29. The number of carbonyl (C=O) groups is 2. The van der Waals surface area contributed by atoms with Gasteiger partial charge < -0.3 is 9.88 Å². The molecule has 0 bridgehead atoms. The van der Waals surface area contributed by atoms with Crippen LogP contribution < -0.4 is 5.32 Å². The predicted molar refractivity (Wildman–Crippen MR) is 121 cm³/mol. The molecule has 2 aromatic rings. The second-order valence-electron chi connectivity index (χ2n) is 9.83. The molecule has 10 heteroatoms. The Balaban J connectivity index is 1.48. The Bertz CT molecular complexity index is 1100. The molecule has 3 aliphatic rings. The molecule has 1 unspecified atom stereocenters. The fourth-order valence-electron chi connectivity index (χ4n) is 4.88. The Hall–Kier alpha value is -2.23. The third-order valence-corrected chi connectivity index (χ3v) is 8.30. The maximum atomic E-state index is 13.7.